The van der Waals surface area contributed by atoms with E-state index in [0.29, 0.717) is 0 Å². The zero-order chi connectivity index (χ0) is 39.1. The largest absolute Gasteiger partial charge is 0.463 e. The first-order chi connectivity index (χ1) is 24.4. The third kappa shape index (κ3) is 14.5. The molecule has 0 radical (unpaired) electrons. The van der Waals surface area contributed by atoms with E-state index in [2.05, 4.69) is 10.6 Å². The minimum atomic E-state index is -1.32. The van der Waals surface area contributed by atoms with Crippen LogP contribution in [0.25, 0.3) is 0 Å². The number of amides is 2. The third-order valence-corrected chi connectivity index (χ3v) is 7.02. The minimum absolute atomic E-state index is 0.199. The fourth-order valence-electron chi connectivity index (χ4n) is 5.30. The predicted molar refractivity (Wildman–Crippen MR) is 169 cm³/mol. The van der Waals surface area contributed by atoms with Crippen LogP contribution in [-0.4, -0.2) is 135 Å². The van der Waals surface area contributed by atoms with Crippen molar-refractivity contribution in [1.82, 2.24) is 10.6 Å². The Kier molecular flexibility index (Phi) is 17.6. The van der Waals surface area contributed by atoms with Gasteiger partial charge < -0.3 is 58.0 Å². The highest BCUT2D eigenvalue weighted by Gasteiger charge is 2.52. The Morgan fingerprint density at radius 1 is 0.481 bits per heavy atom. The average Bonchev–Trinajstić information content (AvgIpc) is 3.00. The second kappa shape index (κ2) is 21.0. The van der Waals surface area contributed by atoms with Gasteiger partial charge in [-0.05, 0) is 0 Å². The summed E-state index contributed by atoms with van der Waals surface area (Å²) in [6.45, 7) is 7.93. The second-order valence-electron chi connectivity index (χ2n) is 11.6. The van der Waals surface area contributed by atoms with Gasteiger partial charge in [0, 0.05) is 55.4 Å². The van der Waals surface area contributed by atoms with Crippen molar-refractivity contribution in [2.45, 2.75) is 117 Å². The molecule has 2 aliphatic rings. The molecule has 52 heavy (non-hydrogen) atoms. The summed E-state index contributed by atoms with van der Waals surface area (Å²) < 4.78 is 55.3. The highest BCUT2D eigenvalue weighted by molar-refractivity contribution is 5.74. The molecule has 2 amide bonds. The molecule has 0 aliphatic carbocycles. The summed E-state index contributed by atoms with van der Waals surface area (Å²) in [7, 11) is 0. The van der Waals surface area contributed by atoms with E-state index in [1.165, 1.54) is 26.0 Å². The van der Waals surface area contributed by atoms with E-state index in [4.69, 9.17) is 47.4 Å². The molecule has 20 nitrogen and oxygen atoms in total. The predicted octanol–water partition coefficient (Wildman–Crippen LogP) is -1.11. The molecule has 20 heteroatoms. The summed E-state index contributed by atoms with van der Waals surface area (Å²) in [5, 5.41) is 5.16. The smallest absolute Gasteiger partial charge is 0.303 e. The lowest BCUT2D eigenvalue weighted by Gasteiger charge is -2.45. The monoisotopic (exact) mass is 746 g/mol. The Morgan fingerprint density at radius 3 is 1.06 bits per heavy atom. The lowest BCUT2D eigenvalue weighted by atomic mass is 9.96. The lowest BCUT2D eigenvalue weighted by Crippen LogP contribution is -2.66. The highest BCUT2D eigenvalue weighted by Crippen LogP contribution is 2.29. The SMILES string of the molecule is CC(=O)N[C@H]1C(OC/C=C/COC2O[C@H](COC(C)=O)[C@@H](OC(C)=O)[C@H](OC(C)=O)[C@H]2NC(C)=O)O[C@H](COC(C)=O)[C@@H](OC(C)=O)[C@@H]1OC(C)=O. The van der Waals surface area contributed by atoms with Gasteiger partial charge in [-0.1, -0.05) is 12.2 Å². The molecule has 292 valence electrons. The van der Waals surface area contributed by atoms with Gasteiger partial charge in [0.2, 0.25) is 11.8 Å². The van der Waals surface area contributed by atoms with Crippen LogP contribution in [0.1, 0.15) is 55.4 Å². The van der Waals surface area contributed by atoms with E-state index >= 15 is 0 Å². The van der Waals surface area contributed by atoms with E-state index in [0.717, 1.165) is 41.5 Å². The van der Waals surface area contributed by atoms with Gasteiger partial charge in [0.15, 0.2) is 37.0 Å². The molecular formula is C32H46N2O18. The molecule has 2 rings (SSSR count). The zero-order valence-corrected chi connectivity index (χ0v) is 30.1. The van der Waals surface area contributed by atoms with Gasteiger partial charge in [0.05, 0.1) is 13.2 Å². The van der Waals surface area contributed by atoms with Crippen LogP contribution in [0.15, 0.2) is 12.2 Å². The summed E-state index contributed by atoms with van der Waals surface area (Å²) in [6.07, 6.45) is -7.24. The maximum absolute atomic E-state index is 12.1. The molecule has 0 saturated carbocycles. The summed E-state index contributed by atoms with van der Waals surface area (Å²) in [5.41, 5.74) is 0. The minimum Gasteiger partial charge on any atom is -0.463 e. The van der Waals surface area contributed by atoms with Gasteiger partial charge in [0.25, 0.3) is 0 Å². The second-order valence-corrected chi connectivity index (χ2v) is 11.6. The molecule has 2 unspecified atom stereocenters. The number of carbonyl (C=O) groups excluding carboxylic acids is 8. The maximum atomic E-state index is 12.1. The van der Waals surface area contributed by atoms with Crippen LogP contribution < -0.4 is 10.6 Å². The summed E-state index contributed by atoms with van der Waals surface area (Å²) in [6, 6.07) is -2.37. The Morgan fingerprint density at radius 2 is 0.788 bits per heavy atom. The van der Waals surface area contributed by atoms with E-state index < -0.39 is 122 Å². The third-order valence-electron chi connectivity index (χ3n) is 7.02. The van der Waals surface area contributed by atoms with Gasteiger partial charge in [-0.2, -0.15) is 0 Å². The molecule has 2 N–H and O–H groups in total. The number of hydrogen-bond donors (Lipinski definition) is 2. The van der Waals surface area contributed by atoms with Crippen LogP contribution in [0.4, 0.5) is 0 Å². The van der Waals surface area contributed by atoms with Crippen LogP contribution >= 0.6 is 0 Å². The maximum Gasteiger partial charge on any atom is 0.303 e. The van der Waals surface area contributed by atoms with E-state index in [1.54, 1.807) is 0 Å². The fraction of sp³-hybridized carbons (Fsp3) is 0.688. The first-order valence-corrected chi connectivity index (χ1v) is 16.1. The van der Waals surface area contributed by atoms with Crippen LogP contribution in [-0.2, 0) is 85.7 Å². The van der Waals surface area contributed by atoms with E-state index in [9.17, 15) is 38.4 Å². The molecule has 0 aromatic rings. The summed E-state index contributed by atoms with van der Waals surface area (Å²) in [4.78, 5) is 95.4. The van der Waals surface area contributed by atoms with Crippen molar-refractivity contribution in [3.63, 3.8) is 0 Å². The lowest BCUT2D eigenvalue weighted by molar-refractivity contribution is -0.276. The van der Waals surface area contributed by atoms with Crippen molar-refractivity contribution in [1.29, 1.82) is 0 Å². The zero-order valence-electron chi connectivity index (χ0n) is 30.1. The molecule has 0 aromatic heterocycles. The Hall–Kier alpha value is -4.66. The fourth-order valence-corrected chi connectivity index (χ4v) is 5.30. The van der Waals surface area contributed by atoms with Gasteiger partial charge in [-0.15, -0.1) is 0 Å². The van der Waals surface area contributed by atoms with Crippen LogP contribution in [0, 0.1) is 0 Å². The Balaban J connectivity index is 2.27. The average molecular weight is 747 g/mol. The van der Waals surface area contributed by atoms with Crippen LogP contribution in [0.2, 0.25) is 0 Å². The van der Waals surface area contributed by atoms with Crippen molar-refractivity contribution in [3.05, 3.63) is 12.2 Å². The van der Waals surface area contributed by atoms with Crippen molar-refractivity contribution < 1.29 is 85.7 Å². The van der Waals surface area contributed by atoms with E-state index in [-0.39, 0.29) is 13.2 Å². The van der Waals surface area contributed by atoms with Gasteiger partial charge >= 0.3 is 35.8 Å². The van der Waals surface area contributed by atoms with Crippen molar-refractivity contribution in [2.75, 3.05) is 26.4 Å². The number of esters is 6. The van der Waals surface area contributed by atoms with Gasteiger partial charge in [0.1, 0.15) is 37.5 Å². The quantitative estimate of drug-likeness (QED) is 0.108. The Labute approximate surface area is 299 Å². The molecule has 0 spiro atoms. The van der Waals surface area contributed by atoms with Crippen LogP contribution in [0.5, 0.6) is 0 Å². The van der Waals surface area contributed by atoms with Crippen molar-refractivity contribution in [2.24, 2.45) is 0 Å². The number of ether oxygens (including phenoxy) is 10. The molecule has 2 fully saturated rings. The van der Waals surface area contributed by atoms with Crippen LogP contribution in [0.3, 0.4) is 0 Å². The molecule has 10 atom stereocenters. The highest BCUT2D eigenvalue weighted by atomic mass is 16.7. The van der Waals surface area contributed by atoms with Crippen molar-refractivity contribution >= 4 is 47.6 Å². The number of rotatable bonds is 16. The molecule has 2 heterocycles. The van der Waals surface area contributed by atoms with Gasteiger partial charge in [-0.3, -0.25) is 38.4 Å². The topological polar surface area (TPSA) is 253 Å². The molecule has 0 aromatic carbocycles. The summed E-state index contributed by atoms with van der Waals surface area (Å²) >= 11 is 0. The van der Waals surface area contributed by atoms with E-state index in [1.807, 2.05) is 0 Å². The summed E-state index contributed by atoms with van der Waals surface area (Å²) in [5.74, 6) is -5.50. The first-order valence-electron chi connectivity index (χ1n) is 16.1. The van der Waals surface area contributed by atoms with Crippen molar-refractivity contribution in [3.8, 4) is 0 Å². The number of nitrogens with one attached hydrogen (secondary N) is 2. The number of hydrogen-bond acceptors (Lipinski definition) is 18. The molecular weight excluding hydrogens is 700 g/mol. The molecule has 2 saturated heterocycles. The molecule has 0 bridgehead atoms. The first kappa shape index (κ1) is 43.5. The molecule has 2 aliphatic heterocycles. The number of carbonyl (C=O) groups is 8. The normalized spacial score (nSPS) is 28.5. The standard InChI is InChI=1S/C32H46N2O18/c1-15(35)33-25-29(49-21(7)41)27(47-19(5)39)23(13-45-17(3)37)51-31(25)43-11-9-10-12-44-32-26(34-16(2)36)30(50-22(8)42)28(48-20(6)40)24(52-32)14-46-18(4)38/h9-10,23-32H,11-14H2,1-8H3,(H,33,35)(H,34,36)/b10-9+/t23-,24-,25-,26-,27-,28-,29-,30-,31?,32?/m1/s1. The Bertz CT molecular complexity index is 1240. The van der Waals surface area contributed by atoms with Gasteiger partial charge in [-0.25, -0.2) is 0 Å².